The number of alkyl halides is 3. The molecular formula is C22H15F3N2OS. The van der Waals surface area contributed by atoms with Crippen LogP contribution in [0.15, 0.2) is 66.9 Å². The molecule has 0 aliphatic heterocycles. The molecule has 0 atom stereocenters. The Morgan fingerprint density at radius 3 is 2.34 bits per heavy atom. The van der Waals surface area contributed by atoms with Crippen molar-refractivity contribution in [1.82, 2.24) is 9.38 Å². The molecule has 0 saturated heterocycles. The number of aryl methyl sites for hydroxylation is 1. The molecule has 146 valence electrons. The number of carbonyl (C=O) groups is 1. The summed E-state index contributed by atoms with van der Waals surface area (Å²) in [7, 11) is 0. The van der Waals surface area contributed by atoms with Crippen LogP contribution >= 0.6 is 11.3 Å². The van der Waals surface area contributed by atoms with Crippen molar-refractivity contribution in [3.8, 4) is 11.1 Å². The Hall–Kier alpha value is -3.19. The number of hydrogen-bond donors (Lipinski definition) is 0. The van der Waals surface area contributed by atoms with E-state index in [2.05, 4.69) is 4.98 Å². The lowest BCUT2D eigenvalue weighted by Gasteiger charge is -2.04. The number of imidazole rings is 1. The first-order chi connectivity index (χ1) is 13.8. The third-order valence-electron chi connectivity index (χ3n) is 4.42. The lowest BCUT2D eigenvalue weighted by molar-refractivity contribution is -0.140. The van der Waals surface area contributed by atoms with Crippen molar-refractivity contribution in [2.24, 2.45) is 0 Å². The predicted octanol–water partition coefficient (Wildman–Crippen LogP) is 6.29. The fraction of sp³-hybridized carbons (Fsp3) is 0.0909. The fourth-order valence-corrected chi connectivity index (χ4v) is 3.88. The molecule has 0 aliphatic carbocycles. The molecule has 0 radical (unpaired) electrons. The summed E-state index contributed by atoms with van der Waals surface area (Å²) in [4.78, 5) is 17.3. The van der Waals surface area contributed by atoms with E-state index in [9.17, 15) is 18.0 Å². The van der Waals surface area contributed by atoms with E-state index >= 15 is 0 Å². The molecule has 2 aromatic heterocycles. The number of carbonyl (C=O) groups excluding carboxylic acids is 1. The monoisotopic (exact) mass is 412 g/mol. The van der Waals surface area contributed by atoms with E-state index in [1.165, 1.54) is 21.8 Å². The van der Waals surface area contributed by atoms with E-state index in [4.69, 9.17) is 0 Å². The van der Waals surface area contributed by atoms with Crippen LogP contribution in [0.5, 0.6) is 0 Å². The average molecular weight is 412 g/mol. The van der Waals surface area contributed by atoms with Crippen LogP contribution in [0.4, 0.5) is 13.2 Å². The highest BCUT2D eigenvalue weighted by atomic mass is 32.1. The van der Waals surface area contributed by atoms with Gasteiger partial charge in [-0.25, -0.2) is 4.98 Å². The largest absolute Gasteiger partial charge is 0.435 e. The highest BCUT2D eigenvalue weighted by Crippen LogP contribution is 2.34. The molecule has 4 rings (SSSR count). The molecule has 0 unspecified atom stereocenters. The maximum Gasteiger partial charge on any atom is 0.435 e. The molecule has 0 bridgehead atoms. The SMILES string of the molecule is Cc1cn2c(C=CC(=O)c3ccc(-c4ccccc4)cc3)c(C(F)(F)F)nc2s1. The molecule has 2 heterocycles. The van der Waals surface area contributed by atoms with E-state index in [1.54, 1.807) is 25.3 Å². The Balaban J connectivity index is 1.63. The molecule has 3 nitrogen and oxygen atoms in total. The highest BCUT2D eigenvalue weighted by molar-refractivity contribution is 7.17. The Bertz CT molecular complexity index is 1200. The standard InChI is InChI=1S/C22H15F3N2OS/c1-14-13-27-18(20(22(23,24)25)26-21(27)29-14)11-12-19(28)17-9-7-16(8-10-17)15-5-3-2-4-6-15/h2-13H,1H3. The van der Waals surface area contributed by atoms with Crippen molar-refractivity contribution in [3.05, 3.63) is 88.7 Å². The molecule has 29 heavy (non-hydrogen) atoms. The number of halogens is 3. The molecule has 0 fully saturated rings. The Morgan fingerprint density at radius 2 is 1.69 bits per heavy atom. The maximum absolute atomic E-state index is 13.3. The lowest BCUT2D eigenvalue weighted by Crippen LogP contribution is -2.08. The van der Waals surface area contributed by atoms with Gasteiger partial charge in [0.2, 0.25) is 0 Å². The van der Waals surface area contributed by atoms with E-state index in [1.807, 2.05) is 42.5 Å². The summed E-state index contributed by atoms with van der Waals surface area (Å²) in [6.07, 6.45) is -0.674. The highest BCUT2D eigenvalue weighted by Gasteiger charge is 2.37. The van der Waals surface area contributed by atoms with Crippen LogP contribution in [0.3, 0.4) is 0 Å². The topological polar surface area (TPSA) is 34.4 Å². The van der Waals surface area contributed by atoms with Crippen LogP contribution in [-0.2, 0) is 6.18 Å². The van der Waals surface area contributed by atoms with Gasteiger partial charge in [0.1, 0.15) is 0 Å². The quantitative estimate of drug-likeness (QED) is 0.292. The summed E-state index contributed by atoms with van der Waals surface area (Å²) in [5.74, 6) is -0.375. The maximum atomic E-state index is 13.3. The number of aromatic nitrogens is 2. The van der Waals surface area contributed by atoms with E-state index in [0.29, 0.717) is 5.56 Å². The van der Waals surface area contributed by atoms with Gasteiger partial charge in [0, 0.05) is 16.6 Å². The minimum atomic E-state index is -4.60. The summed E-state index contributed by atoms with van der Waals surface area (Å²) in [5, 5.41) is 0. The van der Waals surface area contributed by atoms with Crippen LogP contribution in [-0.4, -0.2) is 15.2 Å². The minimum absolute atomic E-state index is 0.147. The number of rotatable bonds is 4. The molecule has 2 aromatic carbocycles. The zero-order chi connectivity index (χ0) is 20.6. The van der Waals surface area contributed by atoms with Gasteiger partial charge in [-0.05, 0) is 30.2 Å². The second-order valence-corrected chi connectivity index (χ2v) is 7.69. The summed E-state index contributed by atoms with van der Waals surface area (Å²) < 4.78 is 41.3. The van der Waals surface area contributed by atoms with Crippen molar-refractivity contribution in [3.63, 3.8) is 0 Å². The zero-order valence-electron chi connectivity index (χ0n) is 15.3. The molecule has 0 N–H and O–H groups in total. The number of hydrogen-bond acceptors (Lipinski definition) is 3. The van der Waals surface area contributed by atoms with Gasteiger partial charge in [0.15, 0.2) is 16.4 Å². The van der Waals surface area contributed by atoms with Crippen LogP contribution in [0.25, 0.3) is 22.2 Å². The third kappa shape index (κ3) is 3.86. The summed E-state index contributed by atoms with van der Waals surface area (Å²) in [5.41, 5.74) is 1.23. The molecule has 0 aliphatic rings. The third-order valence-corrected chi connectivity index (χ3v) is 5.31. The normalized spacial score (nSPS) is 12.1. The van der Waals surface area contributed by atoms with Crippen molar-refractivity contribution in [2.45, 2.75) is 13.1 Å². The first kappa shape index (κ1) is 19.1. The number of allylic oxidation sites excluding steroid dienone is 1. The first-order valence-corrected chi connectivity index (χ1v) is 9.58. The van der Waals surface area contributed by atoms with E-state index in [-0.39, 0.29) is 16.4 Å². The smallest absolute Gasteiger partial charge is 0.290 e. The van der Waals surface area contributed by atoms with Crippen LogP contribution < -0.4 is 0 Å². The van der Waals surface area contributed by atoms with E-state index in [0.717, 1.165) is 22.1 Å². The number of thiazole rings is 1. The molecule has 0 spiro atoms. The summed E-state index contributed by atoms with van der Waals surface area (Å²) >= 11 is 1.17. The van der Waals surface area contributed by atoms with Crippen LogP contribution in [0.1, 0.15) is 26.6 Å². The lowest BCUT2D eigenvalue weighted by atomic mass is 10.0. The molecule has 0 amide bonds. The van der Waals surface area contributed by atoms with E-state index < -0.39 is 11.9 Å². The number of benzene rings is 2. The minimum Gasteiger partial charge on any atom is -0.290 e. The van der Waals surface area contributed by atoms with Crippen molar-refractivity contribution in [1.29, 1.82) is 0 Å². The fourth-order valence-electron chi connectivity index (χ4n) is 3.05. The van der Waals surface area contributed by atoms with Gasteiger partial charge in [-0.15, -0.1) is 11.3 Å². The van der Waals surface area contributed by atoms with Crippen molar-refractivity contribution < 1.29 is 18.0 Å². The average Bonchev–Trinajstić information content (AvgIpc) is 3.23. The Kier molecular flexibility index (Phi) is 4.84. The number of fused-ring (bicyclic) bond motifs is 1. The van der Waals surface area contributed by atoms with Gasteiger partial charge in [0.05, 0.1) is 5.69 Å². The van der Waals surface area contributed by atoms with Crippen LogP contribution in [0, 0.1) is 6.92 Å². The van der Waals surface area contributed by atoms with Gasteiger partial charge in [-0.2, -0.15) is 13.2 Å². The zero-order valence-corrected chi connectivity index (χ0v) is 16.1. The van der Waals surface area contributed by atoms with Gasteiger partial charge in [0.25, 0.3) is 0 Å². The first-order valence-electron chi connectivity index (χ1n) is 8.76. The second kappa shape index (κ2) is 7.33. The molecule has 0 saturated carbocycles. The van der Waals surface area contributed by atoms with Gasteiger partial charge >= 0.3 is 6.18 Å². The van der Waals surface area contributed by atoms with Crippen molar-refractivity contribution >= 4 is 28.2 Å². The Morgan fingerprint density at radius 1 is 1.03 bits per heavy atom. The summed E-state index contributed by atoms with van der Waals surface area (Å²) in [6, 6.07) is 16.7. The van der Waals surface area contributed by atoms with Crippen molar-refractivity contribution in [2.75, 3.05) is 0 Å². The van der Waals surface area contributed by atoms with Crippen LogP contribution in [0.2, 0.25) is 0 Å². The van der Waals surface area contributed by atoms with Gasteiger partial charge < -0.3 is 0 Å². The second-order valence-electron chi connectivity index (χ2n) is 6.48. The van der Waals surface area contributed by atoms with Gasteiger partial charge in [-0.1, -0.05) is 54.6 Å². The van der Waals surface area contributed by atoms with Gasteiger partial charge in [-0.3, -0.25) is 9.20 Å². The Labute approximate surface area is 168 Å². The number of nitrogens with zero attached hydrogens (tertiary/aromatic N) is 2. The predicted molar refractivity (Wildman–Crippen MR) is 108 cm³/mol. The molecule has 4 aromatic rings. The number of ketones is 1. The molecule has 7 heteroatoms. The summed E-state index contributed by atoms with van der Waals surface area (Å²) in [6.45, 7) is 1.79. The molecular weight excluding hydrogens is 397 g/mol.